The number of aromatic hydroxyl groups is 1. The summed E-state index contributed by atoms with van der Waals surface area (Å²) in [5.41, 5.74) is 1.03. The summed E-state index contributed by atoms with van der Waals surface area (Å²) in [6.07, 6.45) is 9.51. The molecule has 0 aromatic heterocycles. The molecule has 1 rings (SSSR count). The molecule has 0 heterocycles. The second kappa shape index (κ2) is 13.9. The van der Waals surface area contributed by atoms with Crippen LogP contribution < -0.4 is 4.74 Å². The van der Waals surface area contributed by atoms with Crippen LogP contribution in [0.4, 0.5) is 0 Å². The van der Waals surface area contributed by atoms with Crippen molar-refractivity contribution in [1.29, 1.82) is 0 Å². The van der Waals surface area contributed by atoms with Gasteiger partial charge in [-0.25, -0.2) is 0 Å². The van der Waals surface area contributed by atoms with E-state index in [1.165, 1.54) is 19.3 Å². The highest BCUT2D eigenvalue weighted by atomic mass is 16.5. The number of rotatable bonds is 15. The molecule has 0 spiro atoms. The van der Waals surface area contributed by atoms with E-state index in [1.807, 2.05) is 12.1 Å². The Labute approximate surface area is 159 Å². The smallest absolute Gasteiger partial charge is 0.161 e. The molecule has 0 radical (unpaired) electrons. The van der Waals surface area contributed by atoms with E-state index < -0.39 is 12.2 Å². The van der Waals surface area contributed by atoms with Crippen LogP contribution in [0.3, 0.4) is 0 Å². The maximum Gasteiger partial charge on any atom is 0.161 e. The molecule has 0 saturated carbocycles. The number of ether oxygens (including phenoxy) is 1. The summed E-state index contributed by atoms with van der Waals surface area (Å²) in [6, 6.07) is 5.36. The first-order chi connectivity index (χ1) is 12.6. The second-order valence-electron chi connectivity index (χ2n) is 7.29. The lowest BCUT2D eigenvalue weighted by atomic mass is 9.99. The third-order valence-corrected chi connectivity index (χ3v) is 4.73. The van der Waals surface area contributed by atoms with Gasteiger partial charge in [-0.15, -0.1) is 0 Å². The summed E-state index contributed by atoms with van der Waals surface area (Å²) in [5, 5.41) is 30.1. The maximum atomic E-state index is 10.2. The number of phenolic OH excluding ortho intramolecular Hbond substituents is 1. The van der Waals surface area contributed by atoms with Crippen LogP contribution >= 0.6 is 0 Å². The molecular weight excluding hydrogens is 328 g/mol. The maximum absolute atomic E-state index is 10.2. The van der Waals surface area contributed by atoms with Crippen molar-refractivity contribution in [2.45, 2.75) is 96.7 Å². The fraction of sp³-hybridized carbons (Fsp3) is 0.727. The Morgan fingerprint density at radius 2 is 1.58 bits per heavy atom. The third kappa shape index (κ3) is 10.0. The third-order valence-electron chi connectivity index (χ3n) is 4.73. The van der Waals surface area contributed by atoms with Crippen LogP contribution in [0, 0.1) is 0 Å². The number of aliphatic hydroxyl groups is 2. The number of benzene rings is 1. The zero-order valence-corrected chi connectivity index (χ0v) is 16.6. The molecule has 2 unspecified atom stereocenters. The van der Waals surface area contributed by atoms with Crippen LogP contribution in [0.25, 0.3) is 0 Å². The van der Waals surface area contributed by atoms with Crippen molar-refractivity contribution in [3.05, 3.63) is 23.8 Å². The molecule has 0 bridgehead atoms. The second-order valence-corrected chi connectivity index (χ2v) is 7.29. The lowest BCUT2D eigenvalue weighted by molar-refractivity contribution is 0.0697. The summed E-state index contributed by atoms with van der Waals surface area (Å²) in [7, 11) is 0. The first kappa shape index (κ1) is 22.8. The quantitative estimate of drug-likeness (QED) is 0.383. The van der Waals surface area contributed by atoms with Crippen LogP contribution in [0.1, 0.15) is 83.6 Å². The summed E-state index contributed by atoms with van der Waals surface area (Å²) in [4.78, 5) is 0. The van der Waals surface area contributed by atoms with Crippen LogP contribution in [-0.2, 0) is 6.42 Å². The van der Waals surface area contributed by atoms with Gasteiger partial charge in [-0.1, -0.05) is 58.4 Å². The van der Waals surface area contributed by atoms with Crippen molar-refractivity contribution in [1.82, 2.24) is 0 Å². The summed E-state index contributed by atoms with van der Waals surface area (Å²) in [5.74, 6) is 0.668. The van der Waals surface area contributed by atoms with E-state index in [4.69, 9.17) is 4.74 Å². The number of aryl methyl sites for hydroxylation is 1. The molecule has 150 valence electrons. The molecule has 3 N–H and O–H groups in total. The van der Waals surface area contributed by atoms with Crippen LogP contribution in [0.15, 0.2) is 18.2 Å². The van der Waals surface area contributed by atoms with Gasteiger partial charge in [0, 0.05) is 0 Å². The van der Waals surface area contributed by atoms with Crippen molar-refractivity contribution in [3.8, 4) is 11.5 Å². The Balaban J connectivity index is 2.30. The van der Waals surface area contributed by atoms with Crippen molar-refractivity contribution in [2.24, 2.45) is 0 Å². The van der Waals surface area contributed by atoms with Gasteiger partial charge < -0.3 is 20.1 Å². The lowest BCUT2D eigenvalue weighted by Crippen LogP contribution is -2.18. The fourth-order valence-electron chi connectivity index (χ4n) is 3.02. The van der Waals surface area contributed by atoms with E-state index >= 15 is 0 Å². The number of aliphatic hydroxyl groups excluding tert-OH is 2. The SMILES string of the molecule is CCCCCCCC(O)CC(O)CCc1ccc(O)c(OCCCC)c1. The summed E-state index contributed by atoms with van der Waals surface area (Å²) >= 11 is 0. The minimum atomic E-state index is -0.501. The van der Waals surface area contributed by atoms with Gasteiger partial charge in [0.15, 0.2) is 11.5 Å². The Morgan fingerprint density at radius 3 is 2.31 bits per heavy atom. The predicted octanol–water partition coefficient (Wildman–Crippen LogP) is 4.98. The summed E-state index contributed by atoms with van der Waals surface area (Å²) < 4.78 is 5.61. The van der Waals surface area contributed by atoms with E-state index in [9.17, 15) is 15.3 Å². The first-order valence-electron chi connectivity index (χ1n) is 10.4. The van der Waals surface area contributed by atoms with Crippen LogP contribution in [0.2, 0.25) is 0 Å². The van der Waals surface area contributed by atoms with Gasteiger partial charge in [-0.2, -0.15) is 0 Å². The van der Waals surface area contributed by atoms with Gasteiger partial charge in [0.25, 0.3) is 0 Å². The fourth-order valence-corrected chi connectivity index (χ4v) is 3.02. The van der Waals surface area contributed by atoms with E-state index in [2.05, 4.69) is 13.8 Å². The number of hydrogen-bond donors (Lipinski definition) is 3. The highest BCUT2D eigenvalue weighted by molar-refractivity contribution is 5.41. The van der Waals surface area contributed by atoms with E-state index in [0.29, 0.717) is 31.6 Å². The average molecular weight is 367 g/mol. The molecule has 26 heavy (non-hydrogen) atoms. The molecule has 0 saturated heterocycles. The number of phenols is 1. The number of unbranched alkanes of at least 4 members (excludes halogenated alkanes) is 5. The zero-order valence-electron chi connectivity index (χ0n) is 16.6. The van der Waals surface area contributed by atoms with Gasteiger partial charge in [-0.05, 0) is 49.8 Å². The van der Waals surface area contributed by atoms with Crippen molar-refractivity contribution < 1.29 is 20.1 Å². The van der Waals surface area contributed by atoms with E-state index in [-0.39, 0.29) is 5.75 Å². The Kier molecular flexibility index (Phi) is 12.2. The van der Waals surface area contributed by atoms with Crippen molar-refractivity contribution in [2.75, 3.05) is 6.61 Å². The van der Waals surface area contributed by atoms with E-state index in [0.717, 1.165) is 37.7 Å². The lowest BCUT2D eigenvalue weighted by Gasteiger charge is -2.16. The van der Waals surface area contributed by atoms with Crippen LogP contribution in [-0.4, -0.2) is 34.1 Å². The van der Waals surface area contributed by atoms with Gasteiger partial charge in [0.1, 0.15) is 0 Å². The Morgan fingerprint density at radius 1 is 0.885 bits per heavy atom. The monoisotopic (exact) mass is 366 g/mol. The number of hydrogen-bond acceptors (Lipinski definition) is 4. The molecule has 0 aliphatic rings. The molecule has 0 aliphatic carbocycles. The molecule has 0 amide bonds. The molecule has 4 heteroatoms. The standard InChI is InChI=1S/C22H38O4/c1-3-5-7-8-9-10-19(23)17-20(24)13-11-18-12-14-21(25)22(16-18)26-15-6-4-2/h12,14,16,19-20,23-25H,3-11,13,15,17H2,1-2H3. The zero-order chi connectivity index (χ0) is 19.2. The molecule has 2 atom stereocenters. The predicted molar refractivity (Wildman–Crippen MR) is 107 cm³/mol. The van der Waals surface area contributed by atoms with Crippen molar-refractivity contribution in [3.63, 3.8) is 0 Å². The molecule has 1 aromatic carbocycles. The highest BCUT2D eigenvalue weighted by Gasteiger charge is 2.13. The van der Waals surface area contributed by atoms with E-state index in [1.54, 1.807) is 6.07 Å². The molecule has 0 aliphatic heterocycles. The normalized spacial score (nSPS) is 13.5. The van der Waals surface area contributed by atoms with Gasteiger partial charge >= 0.3 is 0 Å². The molecule has 0 fully saturated rings. The molecular formula is C22H38O4. The highest BCUT2D eigenvalue weighted by Crippen LogP contribution is 2.28. The molecule has 1 aromatic rings. The van der Waals surface area contributed by atoms with Gasteiger partial charge in [0.05, 0.1) is 18.8 Å². The van der Waals surface area contributed by atoms with Crippen LogP contribution in [0.5, 0.6) is 11.5 Å². The first-order valence-corrected chi connectivity index (χ1v) is 10.4. The minimum Gasteiger partial charge on any atom is -0.504 e. The van der Waals surface area contributed by atoms with Crippen molar-refractivity contribution >= 4 is 0 Å². The minimum absolute atomic E-state index is 0.156. The summed E-state index contributed by atoms with van der Waals surface area (Å²) in [6.45, 7) is 4.89. The van der Waals surface area contributed by atoms with Gasteiger partial charge in [0.2, 0.25) is 0 Å². The van der Waals surface area contributed by atoms with Gasteiger partial charge in [-0.3, -0.25) is 0 Å². The Hall–Kier alpha value is -1.26. The largest absolute Gasteiger partial charge is 0.504 e. The average Bonchev–Trinajstić information content (AvgIpc) is 2.62. The Bertz CT molecular complexity index is 475. The molecule has 4 nitrogen and oxygen atoms in total. The topological polar surface area (TPSA) is 69.9 Å².